The molecule has 2 aromatic carbocycles. The molecule has 0 aromatic heterocycles. The zero-order valence-electron chi connectivity index (χ0n) is 12.1. The number of aryl methyl sites for hydroxylation is 1. The van der Waals surface area contributed by atoms with E-state index in [9.17, 15) is 13.2 Å². The van der Waals surface area contributed by atoms with Gasteiger partial charge in [0.15, 0.2) is 9.84 Å². The molecule has 2 rings (SSSR count). The van der Waals surface area contributed by atoms with Crippen molar-refractivity contribution in [2.45, 2.75) is 30.4 Å². The number of sulfone groups is 1. The van der Waals surface area contributed by atoms with Crippen LogP contribution in [-0.2, 0) is 14.6 Å². The molecule has 0 heterocycles. The number of ketones is 1. The predicted octanol–water partition coefficient (Wildman–Crippen LogP) is 3.49. The molecule has 0 radical (unpaired) electrons. The zero-order valence-corrected chi connectivity index (χ0v) is 12.9. The Kier molecular flexibility index (Phi) is 4.58. The minimum atomic E-state index is -3.60. The summed E-state index contributed by atoms with van der Waals surface area (Å²) in [5, 5.41) is -0.836. The third-order valence-electron chi connectivity index (χ3n) is 3.42. The van der Waals surface area contributed by atoms with Gasteiger partial charge < -0.3 is 0 Å². The lowest BCUT2D eigenvalue weighted by atomic mass is 10.1. The average Bonchev–Trinajstić information content (AvgIpc) is 2.45. The largest absolute Gasteiger partial charge is 0.300 e. The predicted molar refractivity (Wildman–Crippen MR) is 82.8 cm³/mol. The minimum Gasteiger partial charge on any atom is -0.300 e. The van der Waals surface area contributed by atoms with Crippen LogP contribution in [0.25, 0.3) is 0 Å². The Balaban J connectivity index is 2.56. The molecule has 0 aliphatic carbocycles. The first kappa shape index (κ1) is 15.4. The summed E-state index contributed by atoms with van der Waals surface area (Å²) in [5.41, 5.74) is 1.35. The van der Waals surface area contributed by atoms with E-state index in [-0.39, 0.29) is 12.2 Å². The van der Waals surface area contributed by atoms with E-state index in [0.717, 1.165) is 0 Å². The Morgan fingerprint density at radius 3 is 2.14 bits per heavy atom. The second-order valence-corrected chi connectivity index (χ2v) is 7.21. The van der Waals surface area contributed by atoms with Crippen molar-refractivity contribution in [1.29, 1.82) is 0 Å². The van der Waals surface area contributed by atoms with E-state index >= 15 is 0 Å². The molecule has 0 aliphatic rings. The van der Waals surface area contributed by atoms with Crippen LogP contribution in [0.5, 0.6) is 0 Å². The van der Waals surface area contributed by atoms with Crippen LogP contribution in [0.2, 0.25) is 0 Å². The topological polar surface area (TPSA) is 51.2 Å². The summed E-state index contributed by atoms with van der Waals surface area (Å²) in [6.45, 7) is 3.19. The van der Waals surface area contributed by atoms with Gasteiger partial charge in [0.2, 0.25) is 0 Å². The fourth-order valence-corrected chi connectivity index (χ4v) is 4.43. The molecular formula is C17H18O3S. The summed E-state index contributed by atoms with van der Waals surface area (Å²) in [4.78, 5) is 11.8. The SMILES string of the molecule is CC(=O)C[C@@H](c1ccccc1)S(=O)(=O)c1ccccc1C. The van der Waals surface area contributed by atoms with Crippen LogP contribution in [0.1, 0.15) is 29.7 Å². The maximum atomic E-state index is 12.9. The third-order valence-corrected chi connectivity index (χ3v) is 5.68. The van der Waals surface area contributed by atoms with E-state index in [0.29, 0.717) is 16.0 Å². The highest BCUT2D eigenvalue weighted by molar-refractivity contribution is 7.91. The molecule has 1 atom stereocenters. The molecule has 110 valence electrons. The molecule has 0 saturated carbocycles. The summed E-state index contributed by atoms with van der Waals surface area (Å²) in [6, 6.07) is 15.8. The third kappa shape index (κ3) is 3.39. The van der Waals surface area contributed by atoms with E-state index in [1.807, 2.05) is 6.07 Å². The van der Waals surface area contributed by atoms with E-state index in [1.165, 1.54) is 6.92 Å². The first-order valence-corrected chi connectivity index (χ1v) is 8.31. The summed E-state index contributed by atoms with van der Waals surface area (Å²) in [6.07, 6.45) is -0.0132. The smallest absolute Gasteiger partial charge is 0.186 e. The molecule has 3 nitrogen and oxygen atoms in total. The number of benzene rings is 2. The zero-order chi connectivity index (χ0) is 15.5. The normalized spacial score (nSPS) is 12.9. The monoisotopic (exact) mass is 302 g/mol. The van der Waals surface area contributed by atoms with Crippen molar-refractivity contribution in [3.8, 4) is 0 Å². The highest BCUT2D eigenvalue weighted by Gasteiger charge is 2.31. The second kappa shape index (κ2) is 6.22. The summed E-state index contributed by atoms with van der Waals surface area (Å²) < 4.78 is 25.9. The van der Waals surface area contributed by atoms with E-state index < -0.39 is 15.1 Å². The minimum absolute atomic E-state index is 0.0132. The molecule has 0 amide bonds. The summed E-state index contributed by atoms with van der Waals surface area (Å²) in [7, 11) is -3.60. The van der Waals surface area contributed by atoms with Gasteiger partial charge in [-0.2, -0.15) is 0 Å². The van der Waals surface area contributed by atoms with Crippen LogP contribution in [0.15, 0.2) is 59.5 Å². The van der Waals surface area contributed by atoms with Gasteiger partial charge >= 0.3 is 0 Å². The molecule has 0 bridgehead atoms. The van der Waals surface area contributed by atoms with Crippen molar-refractivity contribution in [1.82, 2.24) is 0 Å². The second-order valence-electron chi connectivity index (χ2n) is 5.12. The van der Waals surface area contributed by atoms with Crippen molar-refractivity contribution in [2.24, 2.45) is 0 Å². The lowest BCUT2D eigenvalue weighted by Gasteiger charge is -2.18. The Hall–Kier alpha value is -1.94. The van der Waals surface area contributed by atoms with Gasteiger partial charge in [-0.25, -0.2) is 8.42 Å². The van der Waals surface area contributed by atoms with Gasteiger partial charge in [-0.15, -0.1) is 0 Å². The summed E-state index contributed by atoms with van der Waals surface area (Å²) >= 11 is 0. The van der Waals surface area contributed by atoms with Crippen LogP contribution in [0, 0.1) is 6.92 Å². The van der Waals surface area contributed by atoms with E-state index in [1.54, 1.807) is 55.5 Å². The van der Waals surface area contributed by atoms with E-state index in [4.69, 9.17) is 0 Å². The molecule has 0 fully saturated rings. The first-order valence-electron chi connectivity index (χ1n) is 6.77. The molecule has 0 aliphatic heterocycles. The molecule has 2 aromatic rings. The van der Waals surface area contributed by atoms with E-state index in [2.05, 4.69) is 0 Å². The lowest BCUT2D eigenvalue weighted by Crippen LogP contribution is -2.17. The summed E-state index contributed by atoms with van der Waals surface area (Å²) in [5.74, 6) is -0.138. The standard InChI is InChI=1S/C17H18O3S/c1-13-8-6-7-11-16(13)21(19,20)17(12-14(2)18)15-9-4-3-5-10-15/h3-11,17H,12H2,1-2H3/t17-/m0/s1. The molecule has 4 heteroatoms. The van der Waals surface area contributed by atoms with Gasteiger partial charge in [-0.3, -0.25) is 4.79 Å². The number of rotatable bonds is 5. The van der Waals surface area contributed by atoms with Gasteiger partial charge in [0.05, 0.1) is 10.1 Å². The lowest BCUT2D eigenvalue weighted by molar-refractivity contribution is -0.117. The van der Waals surface area contributed by atoms with Gasteiger partial charge in [0.25, 0.3) is 0 Å². The van der Waals surface area contributed by atoms with Crippen LogP contribution < -0.4 is 0 Å². The Bertz CT molecular complexity index is 734. The number of hydrogen-bond donors (Lipinski definition) is 0. The fraction of sp³-hybridized carbons (Fsp3) is 0.235. The first-order chi connectivity index (χ1) is 9.93. The molecule has 21 heavy (non-hydrogen) atoms. The maximum absolute atomic E-state index is 12.9. The number of carbonyl (C=O) groups is 1. The highest BCUT2D eigenvalue weighted by atomic mass is 32.2. The highest BCUT2D eigenvalue weighted by Crippen LogP contribution is 2.33. The van der Waals surface area contributed by atoms with Gasteiger partial charge in [0.1, 0.15) is 5.78 Å². The van der Waals surface area contributed by atoms with Crippen LogP contribution >= 0.6 is 0 Å². The molecule has 0 unspecified atom stereocenters. The fourth-order valence-electron chi connectivity index (χ4n) is 2.36. The Labute approximate surface area is 125 Å². The Morgan fingerprint density at radius 1 is 1.00 bits per heavy atom. The van der Waals surface area contributed by atoms with Crippen molar-refractivity contribution < 1.29 is 13.2 Å². The quantitative estimate of drug-likeness (QED) is 0.849. The molecule has 0 saturated heterocycles. The van der Waals surface area contributed by atoms with Crippen LogP contribution in [0.3, 0.4) is 0 Å². The molecular weight excluding hydrogens is 284 g/mol. The maximum Gasteiger partial charge on any atom is 0.186 e. The number of Topliss-reactive ketones (excluding diaryl/α,β-unsaturated/α-hetero) is 1. The average molecular weight is 302 g/mol. The van der Waals surface area contributed by atoms with Gasteiger partial charge in [0, 0.05) is 6.42 Å². The van der Waals surface area contributed by atoms with Crippen molar-refractivity contribution >= 4 is 15.6 Å². The van der Waals surface area contributed by atoms with Crippen molar-refractivity contribution in [3.05, 3.63) is 65.7 Å². The Morgan fingerprint density at radius 2 is 1.57 bits per heavy atom. The van der Waals surface area contributed by atoms with Crippen molar-refractivity contribution in [3.63, 3.8) is 0 Å². The number of hydrogen-bond acceptors (Lipinski definition) is 3. The number of carbonyl (C=O) groups excluding carboxylic acids is 1. The van der Waals surface area contributed by atoms with Crippen LogP contribution in [-0.4, -0.2) is 14.2 Å². The molecule has 0 spiro atoms. The van der Waals surface area contributed by atoms with Crippen molar-refractivity contribution in [2.75, 3.05) is 0 Å². The van der Waals surface area contributed by atoms with Gasteiger partial charge in [-0.05, 0) is 31.0 Å². The molecule has 0 N–H and O–H groups in total. The van der Waals surface area contributed by atoms with Gasteiger partial charge in [-0.1, -0.05) is 48.5 Å². The van der Waals surface area contributed by atoms with Crippen LogP contribution in [0.4, 0.5) is 0 Å².